The Morgan fingerprint density at radius 2 is 1.45 bits per heavy atom. The molecule has 23 heteroatoms. The number of imidazole rings is 1. The molecule has 1 aromatic carbocycles. The molecule has 0 radical (unpaired) electrons. The zero-order valence-corrected chi connectivity index (χ0v) is 51.9. The van der Waals surface area contributed by atoms with E-state index in [0.717, 1.165) is 11.1 Å². The van der Waals surface area contributed by atoms with Crippen LogP contribution in [0.15, 0.2) is 55.0 Å². The molecule has 0 aliphatic carbocycles. The van der Waals surface area contributed by atoms with Crippen molar-refractivity contribution in [3.8, 4) is 0 Å². The highest BCUT2D eigenvalue weighted by Gasteiger charge is 2.61. The largest absolute Gasteiger partial charge is 0.458 e. The minimum absolute atomic E-state index is 0.0219. The van der Waals surface area contributed by atoms with Gasteiger partial charge >= 0.3 is 12.1 Å². The summed E-state index contributed by atoms with van der Waals surface area (Å²) < 4.78 is 80.4. The second-order valence-corrected chi connectivity index (χ2v) is 25.5. The van der Waals surface area contributed by atoms with Crippen LogP contribution in [-0.4, -0.2) is 214 Å². The number of amides is 1. The van der Waals surface area contributed by atoms with E-state index in [1.54, 1.807) is 45.3 Å². The number of rotatable bonds is 16. The van der Waals surface area contributed by atoms with Gasteiger partial charge in [-0.1, -0.05) is 58.0 Å². The fourth-order valence-corrected chi connectivity index (χ4v) is 14.4. The first-order valence-corrected chi connectivity index (χ1v) is 30.4. The first-order chi connectivity index (χ1) is 40.4. The molecule has 24 atom stereocenters. The number of benzene rings is 1. The van der Waals surface area contributed by atoms with E-state index in [1.165, 1.54) is 7.11 Å². The summed E-state index contributed by atoms with van der Waals surface area (Å²) in [5.74, 6) is -4.27. The number of aryl methyl sites for hydroxylation is 1. The van der Waals surface area contributed by atoms with Crippen LogP contribution in [0.25, 0.3) is 11.2 Å². The zero-order valence-electron chi connectivity index (χ0n) is 51.9. The number of cyclic esters (lactones) is 1. The number of likely N-dealkylation sites (N-methyl/N-ethyl adjacent to an activating group) is 1. The van der Waals surface area contributed by atoms with Gasteiger partial charge in [-0.2, -0.15) is 0 Å². The number of hydrogen-bond donors (Lipinski definition) is 3. The molecule has 6 aliphatic heterocycles. The van der Waals surface area contributed by atoms with Gasteiger partial charge in [0.05, 0.1) is 66.0 Å². The Labute approximate surface area is 499 Å². The smallest absolute Gasteiger partial charge is 0.410 e. The second-order valence-electron chi connectivity index (χ2n) is 25.5. The quantitative estimate of drug-likeness (QED) is 0.114. The molecule has 6 fully saturated rings. The highest BCUT2D eigenvalue weighted by molar-refractivity contribution is 5.85. The normalized spacial score (nSPS) is 42.4. The number of aliphatic hydroxyl groups is 3. The monoisotopic (exact) mass is 1200 g/mol. The van der Waals surface area contributed by atoms with Crippen LogP contribution in [0.2, 0.25) is 0 Å². The van der Waals surface area contributed by atoms with Crippen LogP contribution < -0.4 is 0 Å². The molecule has 474 valence electrons. The minimum Gasteiger partial charge on any atom is -0.458 e. The number of aromatic nitrogens is 3. The molecule has 23 nitrogen and oxygen atoms in total. The van der Waals surface area contributed by atoms with Crippen LogP contribution >= 0.6 is 0 Å². The van der Waals surface area contributed by atoms with Crippen molar-refractivity contribution in [2.75, 3.05) is 41.5 Å². The number of unbranched alkanes of at least 4 members (excludes halogenated alkanes) is 1. The van der Waals surface area contributed by atoms with Gasteiger partial charge in [0.15, 0.2) is 36.4 Å². The van der Waals surface area contributed by atoms with E-state index in [1.807, 2.05) is 114 Å². The summed E-state index contributed by atoms with van der Waals surface area (Å²) in [4.78, 5) is 57.4. The Morgan fingerprint density at radius 1 is 0.765 bits per heavy atom. The zero-order chi connectivity index (χ0) is 61.4. The molecule has 0 spiro atoms. The third-order valence-corrected chi connectivity index (χ3v) is 19.2. The van der Waals surface area contributed by atoms with Gasteiger partial charge in [-0.05, 0) is 99.9 Å². The van der Waals surface area contributed by atoms with Crippen molar-refractivity contribution in [2.24, 2.45) is 23.7 Å². The maximum atomic E-state index is 15.3. The van der Waals surface area contributed by atoms with Crippen molar-refractivity contribution in [1.29, 1.82) is 0 Å². The van der Waals surface area contributed by atoms with E-state index in [2.05, 4.69) is 9.97 Å². The lowest BCUT2D eigenvalue weighted by molar-refractivity contribution is -0.387. The lowest BCUT2D eigenvalue weighted by Gasteiger charge is -2.52. The van der Waals surface area contributed by atoms with Crippen molar-refractivity contribution >= 4 is 29.0 Å². The van der Waals surface area contributed by atoms with E-state index in [0.29, 0.717) is 31.5 Å². The summed E-state index contributed by atoms with van der Waals surface area (Å²) in [5.41, 5.74) is -1.74. The lowest BCUT2D eigenvalue weighted by atomic mass is 9.73. The molecule has 0 saturated carbocycles. The number of fused-ring (bicyclic) bond motifs is 3. The summed E-state index contributed by atoms with van der Waals surface area (Å²) >= 11 is 0. The Morgan fingerprint density at radius 3 is 2.14 bits per heavy atom. The van der Waals surface area contributed by atoms with Crippen molar-refractivity contribution in [2.45, 2.75) is 235 Å². The van der Waals surface area contributed by atoms with Crippen LogP contribution in [0.5, 0.6) is 0 Å². The number of carbonyl (C=O) groups is 3. The average molecular weight is 1200 g/mol. The number of carbonyl (C=O) groups excluding carboxylic acids is 3. The van der Waals surface area contributed by atoms with E-state index < -0.39 is 145 Å². The van der Waals surface area contributed by atoms with E-state index >= 15 is 9.59 Å². The molecule has 8 heterocycles. The number of aliphatic hydroxyl groups excluding tert-OH is 3. The van der Waals surface area contributed by atoms with Crippen molar-refractivity contribution < 1.29 is 86.5 Å². The maximum Gasteiger partial charge on any atom is 0.410 e. The van der Waals surface area contributed by atoms with Gasteiger partial charge in [-0.25, -0.2) is 14.8 Å². The molecule has 6 saturated heterocycles. The molecule has 6 aliphatic rings. The molecule has 1 unspecified atom stereocenters. The van der Waals surface area contributed by atoms with Crippen LogP contribution in [0.3, 0.4) is 0 Å². The molecule has 2 aromatic heterocycles. The van der Waals surface area contributed by atoms with E-state index in [4.69, 9.17) is 56.8 Å². The predicted molar refractivity (Wildman–Crippen MR) is 306 cm³/mol. The van der Waals surface area contributed by atoms with E-state index in [9.17, 15) is 20.1 Å². The van der Waals surface area contributed by atoms with Gasteiger partial charge in [0.1, 0.15) is 48.5 Å². The van der Waals surface area contributed by atoms with Gasteiger partial charge < -0.3 is 86.5 Å². The first kappa shape index (κ1) is 65.1. The number of hydrogen-bond acceptors (Lipinski definition) is 21. The van der Waals surface area contributed by atoms with Gasteiger partial charge in [0, 0.05) is 69.3 Å². The highest BCUT2D eigenvalue weighted by atomic mass is 16.8. The molecule has 9 rings (SSSR count). The van der Waals surface area contributed by atoms with Crippen molar-refractivity contribution in [3.05, 3.63) is 60.6 Å². The number of esters is 1. The van der Waals surface area contributed by atoms with Crippen LogP contribution in [0.1, 0.15) is 120 Å². The van der Waals surface area contributed by atoms with Crippen LogP contribution in [-0.2, 0) is 73.0 Å². The van der Waals surface area contributed by atoms with Gasteiger partial charge in [0.25, 0.3) is 0 Å². The summed E-state index contributed by atoms with van der Waals surface area (Å²) in [7, 11) is 6.84. The number of Topliss-reactive ketones (excluding diaryl/α,β-unsaturated/α-hetero) is 1. The molecule has 85 heavy (non-hydrogen) atoms. The summed E-state index contributed by atoms with van der Waals surface area (Å²) in [6.45, 7) is 19.1. The second kappa shape index (κ2) is 26.8. The molecular formula is C62H93N5O18. The predicted octanol–water partition coefficient (Wildman–Crippen LogP) is 5.72. The van der Waals surface area contributed by atoms with Gasteiger partial charge in [-0.15, -0.1) is 0 Å². The Balaban J connectivity index is 1.01. The Hall–Kier alpha value is -4.31. The highest BCUT2D eigenvalue weighted by Crippen LogP contribution is 2.46. The topological polar surface area (TPSA) is 260 Å². The standard InChI is InChI=1S/C62H93N5O18/c1-15-43-62(10)51(67(59(73)85-62)27-20-19-26-66-32-64-54-40(66)24-21-25-63-54)35(4)45(68)33(2)29-60(8,74-13)52(83-57-46(69)41(65(11)12)28-34(3)77-57)36(5)49(37(6)55(72)80-43)81-44-30-61(9,75-14)53(38(7)78-44)84-58-48(71)47(70)50-42(79-58)31-76-56(82-50)39-22-17-16-18-23-39/h16-18,21-25,32-38,41-44,46-53,56-58,69-71H,15,19-20,26-31H2,1-14H3/t33-,34-,35+,36+,37-,38+,41+,42-,43-,44+,46-,47-,48-,49+,50-,51-,52-,53+,56?,57+,58+,60-,61-,62-/m1/s1. The summed E-state index contributed by atoms with van der Waals surface area (Å²) in [6, 6.07) is 11.9. The molecule has 3 N–H and O–H groups in total. The molecular weight excluding hydrogens is 1100 g/mol. The third-order valence-electron chi connectivity index (χ3n) is 19.2. The number of ketones is 1. The van der Waals surface area contributed by atoms with Gasteiger partial charge in [0.2, 0.25) is 0 Å². The Bertz CT molecular complexity index is 2720. The number of nitrogens with zero attached hydrogens (tertiary/aromatic N) is 5. The van der Waals surface area contributed by atoms with E-state index in [-0.39, 0.29) is 50.3 Å². The Kier molecular flexibility index (Phi) is 20.5. The fraction of sp³-hybridized carbons (Fsp3) is 0.758. The van der Waals surface area contributed by atoms with Crippen LogP contribution in [0.4, 0.5) is 4.79 Å². The third kappa shape index (κ3) is 13.2. The minimum atomic E-state index is -1.54. The SMILES string of the molecule is CC[C@H]1OC(=O)[C@H](C)[C@@H](O[C@H]2C[C@@](C)(OC)[C@@H](O[C@@H]3O[C@@H]4COC(c5ccccc5)O[C@H]4[C@H](O)[C@H]3O)[C@H](C)O2)[C@H](C)[C@@H](O[C@@H]2O[C@H](C)C[C@H](N(C)C)[C@H]2O)[C@](C)(OC)C[C@@H](C)C(=O)[C@H](C)[C@H]2N(CCCCn3cnc4ncccc43)C(=O)O[C@]12C. The average Bonchev–Trinajstić information content (AvgIpc) is 2.27. The number of methoxy groups -OCH3 is 2. The van der Waals surface area contributed by atoms with Crippen LogP contribution in [0, 0.1) is 23.7 Å². The first-order valence-electron chi connectivity index (χ1n) is 30.4. The van der Waals surface area contributed by atoms with Gasteiger partial charge in [-0.3, -0.25) is 9.59 Å². The number of pyridine rings is 1. The molecule has 1 amide bonds. The summed E-state index contributed by atoms with van der Waals surface area (Å²) in [6.07, 6.45) is -10.5. The summed E-state index contributed by atoms with van der Waals surface area (Å²) in [5, 5.41) is 35.2. The molecule has 0 bridgehead atoms. The lowest BCUT2D eigenvalue weighted by Crippen LogP contribution is -2.65. The van der Waals surface area contributed by atoms with Crippen molar-refractivity contribution in [3.63, 3.8) is 0 Å². The number of ether oxygens (including phenoxy) is 12. The van der Waals surface area contributed by atoms with Crippen molar-refractivity contribution in [1.82, 2.24) is 24.3 Å². The maximum absolute atomic E-state index is 15.3. The molecule has 3 aromatic rings. The fourth-order valence-electron chi connectivity index (χ4n) is 14.4.